The molecule has 0 aromatic heterocycles. The molecule has 0 spiro atoms. The van der Waals surface area contributed by atoms with Crippen LogP contribution in [0.5, 0.6) is 0 Å². The lowest BCUT2D eigenvalue weighted by molar-refractivity contribution is 0.0944. The summed E-state index contributed by atoms with van der Waals surface area (Å²) in [6, 6.07) is 34.7. The Hall–Kier alpha value is -4.40. The molecule has 11 rings (SSSR count). The maximum atomic E-state index is 3.08. The summed E-state index contributed by atoms with van der Waals surface area (Å²) in [5.41, 5.74) is 10.7. The number of hydrogen-bond donors (Lipinski definition) is 0. The molecule has 0 saturated carbocycles. The summed E-state index contributed by atoms with van der Waals surface area (Å²) in [5.74, 6) is 3.47. The van der Waals surface area contributed by atoms with Crippen molar-refractivity contribution in [3.8, 4) is 0 Å². The van der Waals surface area contributed by atoms with E-state index in [9.17, 15) is 0 Å². The Labute approximate surface area is 335 Å². The predicted octanol–water partition coefficient (Wildman–Crippen LogP) is 12.5. The van der Waals surface area contributed by atoms with Crippen LogP contribution >= 0.6 is 0 Å². The Kier molecular flexibility index (Phi) is 9.22. The highest BCUT2D eigenvalue weighted by Gasteiger charge is 2.52. The first-order valence-corrected chi connectivity index (χ1v) is 22.3. The standard InChI is InChI=1S/C54H58N2/c1-4-16-37(17-5-1)40-22-14-23-44(33-40)55-51-28-12-11-25-48(51)50-36-41(30-31-53(50)55)46-26-15-27-49-47-24-10-13-29-52(47)56(54(46)49)45-34-42(38-18-6-2-7-19-38)32-43(35-45)39-20-8-3-9-21-39/h1-2,4-8,10-11,13-20,22,24-27,29,34,36,39-40,43-45,48-51,53-54H,3,9,12,21,23,28,30-33,35H2/t39-,40?,43?,44?,45?,48?,49?,50?,51?,53?,54?/m0/s1. The van der Waals surface area contributed by atoms with E-state index in [1.807, 2.05) is 0 Å². The van der Waals surface area contributed by atoms with Crippen molar-refractivity contribution in [2.75, 3.05) is 4.90 Å². The lowest BCUT2D eigenvalue weighted by Gasteiger charge is -2.44. The zero-order valence-electron chi connectivity index (χ0n) is 33.0. The van der Waals surface area contributed by atoms with Crippen molar-refractivity contribution >= 4 is 11.3 Å². The van der Waals surface area contributed by atoms with Crippen LogP contribution in [0.4, 0.5) is 5.69 Å². The van der Waals surface area contributed by atoms with Gasteiger partial charge in [0, 0.05) is 53.5 Å². The second-order valence-electron chi connectivity index (χ2n) is 18.3. The third kappa shape index (κ3) is 6.10. The molecule has 6 aliphatic carbocycles. The maximum absolute atomic E-state index is 3.08. The van der Waals surface area contributed by atoms with E-state index >= 15 is 0 Å². The number of benzene rings is 3. The second-order valence-corrected chi connectivity index (χ2v) is 18.3. The molecule has 1 fully saturated rings. The molecule has 0 bridgehead atoms. The average molecular weight is 735 g/mol. The number of hydrogen-bond acceptors (Lipinski definition) is 2. The van der Waals surface area contributed by atoms with Crippen LogP contribution in [-0.2, 0) is 0 Å². The van der Waals surface area contributed by atoms with E-state index < -0.39 is 0 Å². The first-order chi connectivity index (χ1) is 27.8. The zero-order valence-corrected chi connectivity index (χ0v) is 33.0. The number of allylic oxidation sites excluding steroid dienone is 7. The van der Waals surface area contributed by atoms with Gasteiger partial charge in [0.25, 0.3) is 0 Å². The number of rotatable bonds is 6. The van der Waals surface area contributed by atoms with Gasteiger partial charge in [-0.1, -0.05) is 146 Å². The van der Waals surface area contributed by atoms with E-state index in [0.29, 0.717) is 65.7 Å². The summed E-state index contributed by atoms with van der Waals surface area (Å²) in [6.07, 6.45) is 42.0. The Balaban J connectivity index is 0.942. The fraction of sp³-hybridized carbons (Fsp3) is 0.407. The monoisotopic (exact) mass is 734 g/mol. The lowest BCUT2D eigenvalue weighted by atomic mass is 9.72. The SMILES string of the molecule is C1=CC2c3ccccc3N(C3C=C(c4ccccc4)CC([C@H]4C=CCCC4)C3)C2C(C2=CC3C4C=CCCC4N(C4CC=CC(c5ccccc5)C4)C3CC2)=C1. The van der Waals surface area contributed by atoms with Crippen molar-refractivity contribution in [3.05, 3.63) is 180 Å². The summed E-state index contributed by atoms with van der Waals surface area (Å²) in [4.78, 5) is 6.01. The van der Waals surface area contributed by atoms with E-state index in [1.165, 1.54) is 93.0 Å². The lowest BCUT2D eigenvalue weighted by Crippen LogP contribution is -2.48. The van der Waals surface area contributed by atoms with Crippen LogP contribution in [-0.4, -0.2) is 35.1 Å². The third-order valence-electron chi connectivity index (χ3n) is 15.5. The highest BCUT2D eigenvalue weighted by atomic mass is 15.3. The van der Waals surface area contributed by atoms with Crippen molar-refractivity contribution in [2.45, 2.75) is 113 Å². The molecule has 1 saturated heterocycles. The summed E-state index contributed by atoms with van der Waals surface area (Å²) in [6.45, 7) is 0. The summed E-state index contributed by atoms with van der Waals surface area (Å²) < 4.78 is 0. The minimum atomic E-state index is 0.337. The van der Waals surface area contributed by atoms with Gasteiger partial charge in [0.1, 0.15) is 0 Å². The Morgan fingerprint density at radius 1 is 0.643 bits per heavy atom. The molecular formula is C54H58N2. The number of para-hydroxylation sites is 1. The van der Waals surface area contributed by atoms with Gasteiger partial charge in [-0.25, -0.2) is 0 Å². The largest absolute Gasteiger partial charge is 0.357 e. The molecule has 2 aliphatic heterocycles. The molecule has 2 nitrogen and oxygen atoms in total. The quantitative estimate of drug-likeness (QED) is 0.233. The van der Waals surface area contributed by atoms with Crippen molar-refractivity contribution < 1.29 is 0 Å². The maximum Gasteiger partial charge on any atom is 0.0655 e. The van der Waals surface area contributed by atoms with Crippen molar-refractivity contribution in [1.29, 1.82) is 0 Å². The molecule has 8 aliphatic rings. The zero-order chi connectivity index (χ0) is 37.0. The van der Waals surface area contributed by atoms with E-state index in [1.54, 1.807) is 16.7 Å². The highest BCUT2D eigenvalue weighted by molar-refractivity contribution is 5.73. The number of anilines is 1. The minimum absolute atomic E-state index is 0.337. The number of fused-ring (bicyclic) bond motifs is 6. The topological polar surface area (TPSA) is 6.48 Å². The van der Waals surface area contributed by atoms with Crippen molar-refractivity contribution in [1.82, 2.24) is 4.90 Å². The van der Waals surface area contributed by atoms with Crippen LogP contribution in [0, 0.1) is 23.7 Å². The van der Waals surface area contributed by atoms with Crippen LogP contribution < -0.4 is 4.90 Å². The van der Waals surface area contributed by atoms with Crippen molar-refractivity contribution in [2.24, 2.45) is 23.7 Å². The van der Waals surface area contributed by atoms with E-state index in [-0.39, 0.29) is 0 Å². The Morgan fingerprint density at radius 2 is 1.46 bits per heavy atom. The fourth-order valence-corrected chi connectivity index (χ4v) is 13.1. The van der Waals surface area contributed by atoms with Gasteiger partial charge >= 0.3 is 0 Å². The highest BCUT2D eigenvalue weighted by Crippen LogP contribution is 2.55. The molecule has 10 unspecified atom stereocenters. The van der Waals surface area contributed by atoms with Gasteiger partial charge in [-0.3, -0.25) is 4.90 Å². The summed E-state index contributed by atoms with van der Waals surface area (Å²) in [7, 11) is 0. The molecule has 11 atom stereocenters. The van der Waals surface area contributed by atoms with Crippen LogP contribution in [0.1, 0.15) is 99.2 Å². The Bertz CT molecular complexity index is 2130. The molecule has 2 heterocycles. The smallest absolute Gasteiger partial charge is 0.0655 e. The molecule has 3 aromatic rings. The summed E-state index contributed by atoms with van der Waals surface area (Å²) >= 11 is 0. The van der Waals surface area contributed by atoms with Gasteiger partial charge in [-0.2, -0.15) is 0 Å². The third-order valence-corrected chi connectivity index (χ3v) is 15.5. The molecule has 56 heavy (non-hydrogen) atoms. The van der Waals surface area contributed by atoms with Gasteiger partial charge in [-0.15, -0.1) is 0 Å². The van der Waals surface area contributed by atoms with Gasteiger partial charge < -0.3 is 4.90 Å². The average Bonchev–Trinajstić information content (AvgIpc) is 3.80. The first kappa shape index (κ1) is 34.8. The fourth-order valence-electron chi connectivity index (χ4n) is 13.1. The normalized spacial score (nSPS) is 35.9. The van der Waals surface area contributed by atoms with Crippen LogP contribution in [0.15, 0.2) is 163 Å². The second kappa shape index (κ2) is 14.8. The van der Waals surface area contributed by atoms with Crippen LogP contribution in [0.3, 0.4) is 0 Å². The first-order valence-electron chi connectivity index (χ1n) is 22.3. The molecule has 284 valence electrons. The van der Waals surface area contributed by atoms with E-state index in [2.05, 4.69) is 162 Å². The van der Waals surface area contributed by atoms with Gasteiger partial charge in [0.05, 0.1) is 6.04 Å². The van der Waals surface area contributed by atoms with Crippen LogP contribution in [0.25, 0.3) is 5.57 Å². The van der Waals surface area contributed by atoms with Gasteiger partial charge in [0.2, 0.25) is 0 Å². The van der Waals surface area contributed by atoms with E-state index in [4.69, 9.17) is 0 Å². The minimum Gasteiger partial charge on any atom is -0.357 e. The Morgan fingerprint density at radius 3 is 2.34 bits per heavy atom. The molecule has 0 radical (unpaired) electrons. The number of nitrogens with zero attached hydrogens (tertiary/aromatic N) is 2. The summed E-state index contributed by atoms with van der Waals surface area (Å²) in [5, 5.41) is 0. The van der Waals surface area contributed by atoms with Crippen LogP contribution in [0.2, 0.25) is 0 Å². The molecule has 2 heteroatoms. The van der Waals surface area contributed by atoms with Gasteiger partial charge in [-0.05, 0) is 122 Å². The molecule has 3 aromatic carbocycles. The van der Waals surface area contributed by atoms with Crippen molar-refractivity contribution in [3.63, 3.8) is 0 Å². The molecule has 0 amide bonds. The molecule has 0 N–H and O–H groups in total. The number of likely N-dealkylation sites (tertiary alicyclic amines) is 1. The van der Waals surface area contributed by atoms with E-state index in [0.717, 1.165) is 0 Å². The molecular weight excluding hydrogens is 677 g/mol. The van der Waals surface area contributed by atoms with Gasteiger partial charge in [0.15, 0.2) is 0 Å². The predicted molar refractivity (Wildman–Crippen MR) is 234 cm³/mol.